The molecule has 1 aromatic carbocycles. The SMILES string of the molecule is CCNC(=NCC(C)Sc1ccccc1)NCCCCn1ccccc1=O. The molecule has 146 valence electrons. The van der Waals surface area contributed by atoms with E-state index in [4.69, 9.17) is 4.99 Å². The van der Waals surface area contributed by atoms with Crippen molar-refractivity contribution < 1.29 is 0 Å². The van der Waals surface area contributed by atoms with Gasteiger partial charge in [-0.05, 0) is 38.0 Å². The minimum atomic E-state index is 0.0604. The third-order valence-corrected chi connectivity index (χ3v) is 5.04. The third kappa shape index (κ3) is 8.35. The number of hydrogen-bond acceptors (Lipinski definition) is 3. The minimum absolute atomic E-state index is 0.0604. The number of benzene rings is 1. The number of rotatable bonds is 10. The Kier molecular flexibility index (Phi) is 9.55. The van der Waals surface area contributed by atoms with Gasteiger partial charge in [-0.3, -0.25) is 9.79 Å². The topological polar surface area (TPSA) is 58.4 Å². The van der Waals surface area contributed by atoms with E-state index in [0.29, 0.717) is 5.25 Å². The number of thioether (sulfide) groups is 1. The largest absolute Gasteiger partial charge is 0.357 e. The quantitative estimate of drug-likeness (QED) is 0.284. The molecular formula is C21H30N4OS. The van der Waals surface area contributed by atoms with Crippen LogP contribution in [-0.4, -0.2) is 35.4 Å². The van der Waals surface area contributed by atoms with Crippen molar-refractivity contribution in [1.82, 2.24) is 15.2 Å². The van der Waals surface area contributed by atoms with Crippen LogP contribution in [0.2, 0.25) is 0 Å². The fourth-order valence-corrected chi connectivity index (χ4v) is 3.52. The summed E-state index contributed by atoms with van der Waals surface area (Å²) < 4.78 is 1.75. The number of guanidine groups is 1. The van der Waals surface area contributed by atoms with Gasteiger partial charge in [0.1, 0.15) is 0 Å². The number of hydrogen-bond donors (Lipinski definition) is 2. The Bertz CT molecular complexity index is 745. The summed E-state index contributed by atoms with van der Waals surface area (Å²) in [6.45, 7) is 7.46. The van der Waals surface area contributed by atoms with Crippen molar-refractivity contribution >= 4 is 17.7 Å². The van der Waals surface area contributed by atoms with Gasteiger partial charge in [0.15, 0.2) is 5.96 Å². The zero-order valence-electron chi connectivity index (χ0n) is 16.2. The van der Waals surface area contributed by atoms with Crippen molar-refractivity contribution in [3.63, 3.8) is 0 Å². The summed E-state index contributed by atoms with van der Waals surface area (Å²) in [7, 11) is 0. The molecule has 0 radical (unpaired) electrons. The van der Waals surface area contributed by atoms with Gasteiger partial charge in [-0.25, -0.2) is 0 Å². The van der Waals surface area contributed by atoms with E-state index >= 15 is 0 Å². The minimum Gasteiger partial charge on any atom is -0.357 e. The Morgan fingerprint density at radius 3 is 2.63 bits per heavy atom. The van der Waals surface area contributed by atoms with E-state index in [2.05, 4.69) is 48.7 Å². The zero-order chi connectivity index (χ0) is 19.3. The molecule has 0 bridgehead atoms. The molecule has 0 spiro atoms. The lowest BCUT2D eigenvalue weighted by Crippen LogP contribution is -2.38. The van der Waals surface area contributed by atoms with E-state index in [0.717, 1.165) is 45.0 Å². The van der Waals surface area contributed by atoms with E-state index in [9.17, 15) is 4.79 Å². The van der Waals surface area contributed by atoms with E-state index in [-0.39, 0.29) is 5.56 Å². The monoisotopic (exact) mass is 386 g/mol. The van der Waals surface area contributed by atoms with Crippen molar-refractivity contribution in [1.29, 1.82) is 0 Å². The van der Waals surface area contributed by atoms with Crippen molar-refractivity contribution in [2.24, 2.45) is 4.99 Å². The predicted molar refractivity (Wildman–Crippen MR) is 116 cm³/mol. The Labute approximate surface area is 166 Å². The molecule has 6 heteroatoms. The van der Waals surface area contributed by atoms with Crippen LogP contribution < -0.4 is 16.2 Å². The maximum atomic E-state index is 11.7. The summed E-state index contributed by atoms with van der Waals surface area (Å²) in [6.07, 6.45) is 3.78. The van der Waals surface area contributed by atoms with Gasteiger partial charge in [0, 0.05) is 42.0 Å². The van der Waals surface area contributed by atoms with E-state index in [1.165, 1.54) is 4.90 Å². The van der Waals surface area contributed by atoms with Crippen LogP contribution in [0.15, 0.2) is 69.4 Å². The van der Waals surface area contributed by atoms with Crippen molar-refractivity contribution in [2.75, 3.05) is 19.6 Å². The van der Waals surface area contributed by atoms with Gasteiger partial charge >= 0.3 is 0 Å². The van der Waals surface area contributed by atoms with Gasteiger partial charge in [-0.2, -0.15) is 0 Å². The molecule has 0 amide bonds. The molecule has 0 fully saturated rings. The second kappa shape index (κ2) is 12.2. The number of aliphatic imine (C=N–C) groups is 1. The summed E-state index contributed by atoms with van der Waals surface area (Å²) >= 11 is 1.84. The fraction of sp³-hybridized carbons (Fsp3) is 0.429. The van der Waals surface area contributed by atoms with Gasteiger partial charge in [0.05, 0.1) is 6.54 Å². The third-order valence-electron chi connectivity index (χ3n) is 3.95. The summed E-state index contributed by atoms with van der Waals surface area (Å²) in [6, 6.07) is 15.7. The summed E-state index contributed by atoms with van der Waals surface area (Å²) in [5.74, 6) is 0.856. The van der Waals surface area contributed by atoms with E-state index < -0.39 is 0 Å². The molecule has 27 heavy (non-hydrogen) atoms. The first-order valence-electron chi connectivity index (χ1n) is 9.58. The number of aryl methyl sites for hydroxylation is 1. The zero-order valence-corrected chi connectivity index (χ0v) is 17.0. The second-order valence-electron chi connectivity index (χ2n) is 6.33. The van der Waals surface area contributed by atoms with Crippen molar-refractivity contribution in [3.05, 3.63) is 65.1 Å². The molecule has 1 aromatic heterocycles. The lowest BCUT2D eigenvalue weighted by Gasteiger charge is -2.13. The number of nitrogens with zero attached hydrogens (tertiary/aromatic N) is 2. The smallest absolute Gasteiger partial charge is 0.250 e. The Hall–Kier alpha value is -2.21. The van der Waals surface area contributed by atoms with E-state index in [1.807, 2.05) is 30.1 Å². The normalized spacial score (nSPS) is 12.6. The average molecular weight is 387 g/mol. The van der Waals surface area contributed by atoms with Crippen LogP contribution >= 0.6 is 11.8 Å². The Morgan fingerprint density at radius 1 is 1.11 bits per heavy atom. The molecule has 1 atom stereocenters. The van der Waals surface area contributed by atoms with Gasteiger partial charge in [-0.1, -0.05) is 31.2 Å². The highest BCUT2D eigenvalue weighted by Gasteiger charge is 2.04. The van der Waals surface area contributed by atoms with Crippen LogP contribution in [0.1, 0.15) is 26.7 Å². The van der Waals surface area contributed by atoms with Crippen LogP contribution in [0.4, 0.5) is 0 Å². The molecule has 2 aromatic rings. The molecular weight excluding hydrogens is 356 g/mol. The summed E-state index contributed by atoms with van der Waals surface area (Å²) in [5.41, 5.74) is 0.0604. The summed E-state index contributed by atoms with van der Waals surface area (Å²) in [4.78, 5) is 17.6. The molecule has 0 aliphatic rings. The van der Waals surface area contributed by atoms with Crippen LogP contribution in [0.25, 0.3) is 0 Å². The van der Waals surface area contributed by atoms with E-state index in [1.54, 1.807) is 16.7 Å². The molecule has 2 rings (SSSR count). The fourth-order valence-electron chi connectivity index (χ4n) is 2.59. The summed E-state index contributed by atoms with van der Waals surface area (Å²) in [5, 5.41) is 7.09. The van der Waals surface area contributed by atoms with Gasteiger partial charge in [0.2, 0.25) is 5.56 Å². The maximum absolute atomic E-state index is 11.7. The number of nitrogens with one attached hydrogen (secondary N) is 2. The van der Waals surface area contributed by atoms with Crippen molar-refractivity contribution in [2.45, 2.75) is 43.4 Å². The molecule has 1 heterocycles. The van der Waals surface area contributed by atoms with Gasteiger partial charge in [0.25, 0.3) is 0 Å². The van der Waals surface area contributed by atoms with Crippen LogP contribution in [0, 0.1) is 0 Å². The lowest BCUT2D eigenvalue weighted by molar-refractivity contribution is 0.585. The lowest BCUT2D eigenvalue weighted by atomic mass is 10.3. The number of aromatic nitrogens is 1. The number of unbranched alkanes of at least 4 members (excludes halogenated alkanes) is 1. The molecule has 2 N–H and O–H groups in total. The first-order valence-corrected chi connectivity index (χ1v) is 10.5. The molecule has 0 saturated heterocycles. The highest BCUT2D eigenvalue weighted by Crippen LogP contribution is 2.22. The average Bonchev–Trinajstić information content (AvgIpc) is 2.68. The Balaban J connectivity index is 1.71. The number of pyridine rings is 1. The molecule has 1 unspecified atom stereocenters. The van der Waals surface area contributed by atoms with Gasteiger partial charge in [-0.15, -0.1) is 11.8 Å². The second-order valence-corrected chi connectivity index (χ2v) is 7.84. The Morgan fingerprint density at radius 2 is 1.89 bits per heavy atom. The van der Waals surface area contributed by atoms with Crippen LogP contribution in [0.5, 0.6) is 0 Å². The maximum Gasteiger partial charge on any atom is 0.250 e. The first kappa shape index (κ1) is 21.1. The first-order chi connectivity index (χ1) is 13.2. The molecule has 5 nitrogen and oxygen atoms in total. The molecule has 0 aliphatic carbocycles. The highest BCUT2D eigenvalue weighted by atomic mass is 32.2. The van der Waals surface area contributed by atoms with Crippen molar-refractivity contribution in [3.8, 4) is 0 Å². The molecule has 0 aliphatic heterocycles. The van der Waals surface area contributed by atoms with Gasteiger partial charge < -0.3 is 15.2 Å². The highest BCUT2D eigenvalue weighted by molar-refractivity contribution is 8.00. The van der Waals surface area contributed by atoms with Crippen LogP contribution in [0.3, 0.4) is 0 Å². The van der Waals surface area contributed by atoms with Crippen LogP contribution in [-0.2, 0) is 6.54 Å². The standard InChI is InChI=1S/C21H30N4OS/c1-3-22-21(24-17-18(2)27-19-11-5-4-6-12-19)23-14-8-10-16-25-15-9-7-13-20(25)26/h4-7,9,11-13,15,18H,3,8,10,14,16-17H2,1-2H3,(H2,22,23,24). The predicted octanol–water partition coefficient (Wildman–Crippen LogP) is 3.36. The molecule has 0 saturated carbocycles.